The zero-order valence-corrected chi connectivity index (χ0v) is 15.6. The van der Waals surface area contributed by atoms with Gasteiger partial charge in [-0.3, -0.25) is 9.59 Å². The van der Waals surface area contributed by atoms with Gasteiger partial charge < -0.3 is 10.0 Å². The van der Waals surface area contributed by atoms with Crippen molar-refractivity contribution in [2.75, 3.05) is 6.54 Å². The molecule has 2 atom stereocenters. The summed E-state index contributed by atoms with van der Waals surface area (Å²) in [5.41, 5.74) is 1.47. The fourth-order valence-electron chi connectivity index (χ4n) is 3.19. The molecule has 6 heteroatoms. The monoisotopic (exact) mass is 391 g/mol. The van der Waals surface area contributed by atoms with Crippen molar-refractivity contribution in [2.45, 2.75) is 31.4 Å². The Hall–Kier alpha value is -1.88. The van der Waals surface area contributed by atoms with Crippen LogP contribution in [0.4, 0.5) is 0 Å². The Kier molecular flexibility index (Phi) is 5.97. The fraction of sp³-hybridized carbons (Fsp3) is 0.300. The lowest BCUT2D eigenvalue weighted by molar-refractivity contribution is -0.122. The maximum atomic E-state index is 12.7. The molecule has 1 heterocycles. The molecule has 136 valence electrons. The summed E-state index contributed by atoms with van der Waals surface area (Å²) >= 11 is 11.7. The van der Waals surface area contributed by atoms with Crippen LogP contribution in [0, 0.1) is 0 Å². The number of aryl methyl sites for hydroxylation is 1. The first kappa shape index (κ1) is 18.9. The van der Waals surface area contributed by atoms with E-state index in [1.165, 1.54) is 4.90 Å². The van der Waals surface area contributed by atoms with Crippen LogP contribution in [0.1, 0.15) is 28.8 Å². The number of carbonyl (C=O) groups is 2. The van der Waals surface area contributed by atoms with Crippen LogP contribution >= 0.6 is 23.2 Å². The largest absolute Gasteiger partial charge is 0.391 e. The summed E-state index contributed by atoms with van der Waals surface area (Å²) in [7, 11) is 0. The number of β-amino-alcohol motifs (C(OH)–C–C–N with tert-alkyl or cyclic N) is 1. The Labute approximate surface area is 162 Å². The number of Topliss-reactive ketones (excluding diaryl/α,β-unsaturated/α-hetero) is 1. The number of hydrogen-bond donors (Lipinski definition) is 1. The predicted molar refractivity (Wildman–Crippen MR) is 102 cm³/mol. The summed E-state index contributed by atoms with van der Waals surface area (Å²) in [6.07, 6.45) is 0.476. The molecule has 0 aliphatic carbocycles. The molecule has 0 bridgehead atoms. The van der Waals surface area contributed by atoms with Gasteiger partial charge in [-0.2, -0.15) is 0 Å². The van der Waals surface area contributed by atoms with Gasteiger partial charge in [0.15, 0.2) is 5.78 Å². The molecular weight excluding hydrogens is 373 g/mol. The number of halogens is 2. The normalized spacial score (nSPS) is 19.6. The number of amides is 1. The number of carbonyl (C=O) groups excluding carboxylic acids is 2. The Morgan fingerprint density at radius 3 is 2.19 bits per heavy atom. The van der Waals surface area contributed by atoms with E-state index in [1.54, 1.807) is 36.4 Å². The topological polar surface area (TPSA) is 57.6 Å². The maximum absolute atomic E-state index is 12.7. The van der Waals surface area contributed by atoms with Gasteiger partial charge in [0, 0.05) is 35.0 Å². The zero-order chi connectivity index (χ0) is 18.7. The van der Waals surface area contributed by atoms with E-state index < -0.39 is 12.1 Å². The van der Waals surface area contributed by atoms with Crippen molar-refractivity contribution < 1.29 is 14.7 Å². The van der Waals surface area contributed by atoms with Crippen LogP contribution in [0.15, 0.2) is 48.5 Å². The molecule has 0 unspecified atom stereocenters. The van der Waals surface area contributed by atoms with Gasteiger partial charge >= 0.3 is 0 Å². The molecule has 2 aromatic rings. The number of aliphatic hydroxyl groups is 1. The number of ketones is 1. The minimum Gasteiger partial charge on any atom is -0.391 e. The highest BCUT2D eigenvalue weighted by Gasteiger charge is 2.38. The average molecular weight is 392 g/mol. The second-order valence-corrected chi connectivity index (χ2v) is 7.34. The van der Waals surface area contributed by atoms with Crippen molar-refractivity contribution in [3.63, 3.8) is 0 Å². The summed E-state index contributed by atoms with van der Waals surface area (Å²) in [5, 5.41) is 11.2. The molecule has 1 aliphatic heterocycles. The molecule has 4 nitrogen and oxygen atoms in total. The first-order valence-corrected chi connectivity index (χ1v) is 9.21. The van der Waals surface area contributed by atoms with Gasteiger partial charge in [0.25, 0.3) is 5.91 Å². The number of rotatable bonds is 5. The van der Waals surface area contributed by atoms with Crippen LogP contribution in [-0.4, -0.2) is 40.4 Å². The van der Waals surface area contributed by atoms with E-state index in [1.807, 2.05) is 12.1 Å². The van der Waals surface area contributed by atoms with Crippen LogP contribution < -0.4 is 0 Å². The molecule has 0 spiro atoms. The zero-order valence-electron chi connectivity index (χ0n) is 14.1. The standard InChI is InChI=1S/C20H19Cl2NO3/c21-15-6-1-13(2-7-15)3-10-19(25)18-11-17(24)12-23(18)20(26)14-4-8-16(22)9-5-14/h1-2,4-9,17-18,24H,3,10-12H2/t17-,18+/m1/s1. The molecule has 0 aromatic heterocycles. The minimum atomic E-state index is -0.685. The van der Waals surface area contributed by atoms with Gasteiger partial charge in [0.1, 0.15) is 0 Å². The molecule has 1 N–H and O–H groups in total. The highest BCUT2D eigenvalue weighted by atomic mass is 35.5. The summed E-state index contributed by atoms with van der Waals surface area (Å²) in [6, 6.07) is 13.3. The van der Waals surface area contributed by atoms with Gasteiger partial charge in [-0.15, -0.1) is 0 Å². The molecule has 1 aliphatic rings. The van der Waals surface area contributed by atoms with E-state index in [4.69, 9.17) is 23.2 Å². The Morgan fingerprint density at radius 2 is 1.58 bits per heavy atom. The third kappa shape index (κ3) is 4.44. The Morgan fingerprint density at radius 1 is 1.00 bits per heavy atom. The molecule has 26 heavy (non-hydrogen) atoms. The van der Waals surface area contributed by atoms with E-state index in [-0.39, 0.29) is 24.7 Å². The van der Waals surface area contributed by atoms with Crippen molar-refractivity contribution in [1.82, 2.24) is 4.90 Å². The molecular formula is C20H19Cl2NO3. The second-order valence-electron chi connectivity index (χ2n) is 6.46. The molecule has 1 saturated heterocycles. The molecule has 1 amide bonds. The van der Waals surface area contributed by atoms with Crippen molar-refractivity contribution >= 4 is 34.9 Å². The first-order valence-electron chi connectivity index (χ1n) is 8.46. The van der Waals surface area contributed by atoms with E-state index in [0.717, 1.165) is 5.56 Å². The average Bonchev–Trinajstić information content (AvgIpc) is 3.03. The third-order valence-corrected chi connectivity index (χ3v) is 5.08. The van der Waals surface area contributed by atoms with E-state index in [2.05, 4.69) is 0 Å². The quantitative estimate of drug-likeness (QED) is 0.843. The maximum Gasteiger partial charge on any atom is 0.254 e. The summed E-state index contributed by atoms with van der Waals surface area (Å²) in [6.45, 7) is 0.165. The highest BCUT2D eigenvalue weighted by molar-refractivity contribution is 6.30. The highest BCUT2D eigenvalue weighted by Crippen LogP contribution is 2.24. The lowest BCUT2D eigenvalue weighted by atomic mass is 10.0. The predicted octanol–water partition coefficient (Wildman–Crippen LogP) is 3.77. The van der Waals surface area contributed by atoms with E-state index >= 15 is 0 Å². The van der Waals surface area contributed by atoms with Crippen molar-refractivity contribution in [1.29, 1.82) is 0 Å². The molecule has 1 fully saturated rings. The molecule has 0 radical (unpaired) electrons. The lowest BCUT2D eigenvalue weighted by Gasteiger charge is -2.23. The smallest absolute Gasteiger partial charge is 0.254 e. The van der Waals surface area contributed by atoms with Crippen LogP contribution in [0.25, 0.3) is 0 Å². The first-order chi connectivity index (χ1) is 12.4. The van der Waals surface area contributed by atoms with Gasteiger partial charge in [-0.05, 0) is 48.4 Å². The van der Waals surface area contributed by atoms with Crippen molar-refractivity contribution in [3.8, 4) is 0 Å². The fourth-order valence-corrected chi connectivity index (χ4v) is 3.44. The Balaban J connectivity index is 1.68. The summed E-state index contributed by atoms with van der Waals surface area (Å²) < 4.78 is 0. The number of aliphatic hydroxyl groups excluding tert-OH is 1. The minimum absolute atomic E-state index is 0.0428. The summed E-state index contributed by atoms with van der Waals surface area (Å²) in [4.78, 5) is 26.9. The van der Waals surface area contributed by atoms with E-state index in [9.17, 15) is 14.7 Å². The lowest BCUT2D eigenvalue weighted by Crippen LogP contribution is -2.40. The summed E-state index contributed by atoms with van der Waals surface area (Å²) in [5.74, 6) is -0.304. The van der Waals surface area contributed by atoms with Gasteiger partial charge in [-0.25, -0.2) is 0 Å². The SMILES string of the molecule is O=C(CCc1ccc(Cl)cc1)[C@@H]1C[C@@H](O)CN1C(=O)c1ccc(Cl)cc1. The van der Waals surface area contributed by atoms with Crippen LogP contribution in [-0.2, 0) is 11.2 Å². The van der Waals surface area contributed by atoms with E-state index in [0.29, 0.717) is 28.5 Å². The molecule has 2 aromatic carbocycles. The molecule has 3 rings (SSSR count). The Bertz CT molecular complexity index is 790. The van der Waals surface area contributed by atoms with Gasteiger partial charge in [0.2, 0.25) is 0 Å². The van der Waals surface area contributed by atoms with Crippen LogP contribution in [0.5, 0.6) is 0 Å². The number of hydrogen-bond acceptors (Lipinski definition) is 3. The van der Waals surface area contributed by atoms with Gasteiger partial charge in [0.05, 0.1) is 12.1 Å². The number of benzene rings is 2. The second kappa shape index (κ2) is 8.21. The van der Waals surface area contributed by atoms with Crippen molar-refractivity contribution in [3.05, 3.63) is 69.7 Å². The third-order valence-electron chi connectivity index (χ3n) is 4.58. The molecule has 0 saturated carbocycles. The van der Waals surface area contributed by atoms with Crippen LogP contribution in [0.2, 0.25) is 10.0 Å². The van der Waals surface area contributed by atoms with Crippen LogP contribution in [0.3, 0.4) is 0 Å². The van der Waals surface area contributed by atoms with Crippen molar-refractivity contribution in [2.24, 2.45) is 0 Å². The number of likely N-dealkylation sites (tertiary alicyclic amines) is 1. The van der Waals surface area contributed by atoms with Gasteiger partial charge in [-0.1, -0.05) is 35.3 Å². The number of nitrogens with zero attached hydrogens (tertiary/aromatic N) is 1.